The van der Waals surface area contributed by atoms with Crippen LogP contribution in [0.15, 0.2) is 0 Å². The number of rotatable bonds is 16. The molecule has 0 saturated carbocycles. The highest BCUT2D eigenvalue weighted by atomic mass is 32.2. The van der Waals surface area contributed by atoms with Crippen LogP contribution in [0.3, 0.4) is 0 Å². The van der Waals surface area contributed by atoms with E-state index in [1.807, 2.05) is 23.5 Å². The van der Waals surface area contributed by atoms with Gasteiger partial charge in [0.2, 0.25) is 0 Å². The van der Waals surface area contributed by atoms with Crippen molar-refractivity contribution in [3.8, 4) is 0 Å². The van der Waals surface area contributed by atoms with Gasteiger partial charge in [0.05, 0.1) is 0 Å². The summed E-state index contributed by atoms with van der Waals surface area (Å²) in [6, 6.07) is 0. The first-order valence-electron chi connectivity index (χ1n) is 7.70. The number of unbranched alkanes of at least 4 members (excludes halogenated alkanes) is 1. The van der Waals surface area contributed by atoms with Gasteiger partial charge in [-0.1, -0.05) is 13.3 Å². The van der Waals surface area contributed by atoms with Crippen molar-refractivity contribution in [1.29, 1.82) is 0 Å². The summed E-state index contributed by atoms with van der Waals surface area (Å²) < 4.78 is 0. The van der Waals surface area contributed by atoms with Gasteiger partial charge in [0.25, 0.3) is 0 Å². The van der Waals surface area contributed by atoms with E-state index in [-0.39, 0.29) is 0 Å². The fourth-order valence-corrected chi connectivity index (χ4v) is 4.98. The Balaban J connectivity index is 3.64. The Kier molecular flexibility index (Phi) is 19.7. The number of thioether (sulfide) groups is 4. The molecule has 0 saturated heterocycles. The predicted octanol–water partition coefficient (Wildman–Crippen LogP) is 4.67. The predicted molar refractivity (Wildman–Crippen MR) is 107 cm³/mol. The lowest BCUT2D eigenvalue weighted by Gasteiger charge is -2.21. The molecule has 0 bridgehead atoms. The fourth-order valence-electron chi connectivity index (χ4n) is 1.75. The van der Waals surface area contributed by atoms with Crippen molar-refractivity contribution in [3.63, 3.8) is 0 Å². The first-order valence-corrected chi connectivity index (χ1v) is 12.8. The summed E-state index contributed by atoms with van der Waals surface area (Å²) in [6.07, 6.45) is 8.46. The van der Waals surface area contributed by atoms with E-state index in [0.717, 1.165) is 0 Å². The van der Waals surface area contributed by atoms with Crippen LogP contribution in [0.25, 0.3) is 0 Å². The van der Waals surface area contributed by atoms with Crippen LogP contribution in [0.2, 0.25) is 0 Å². The molecule has 20 heavy (non-hydrogen) atoms. The summed E-state index contributed by atoms with van der Waals surface area (Å²) in [5, 5.41) is 0. The molecule has 0 amide bonds. The fraction of sp³-hybridized carbons (Fsp3) is 1.00. The van der Waals surface area contributed by atoms with Crippen LogP contribution in [-0.4, -0.2) is 71.6 Å². The third kappa shape index (κ3) is 15.7. The van der Waals surface area contributed by atoms with Crippen LogP contribution < -0.4 is 0 Å². The molecule has 0 fully saturated rings. The summed E-state index contributed by atoms with van der Waals surface area (Å²) in [5.74, 6) is 7.88. The van der Waals surface area contributed by atoms with Gasteiger partial charge in [-0.3, -0.25) is 0 Å². The van der Waals surface area contributed by atoms with Gasteiger partial charge in [0, 0.05) is 36.1 Å². The van der Waals surface area contributed by atoms with E-state index >= 15 is 0 Å². The van der Waals surface area contributed by atoms with Crippen LogP contribution >= 0.6 is 47.0 Å². The molecule has 0 aromatic heterocycles. The van der Waals surface area contributed by atoms with Gasteiger partial charge in [0.1, 0.15) is 0 Å². The second-order valence-corrected chi connectivity index (χ2v) is 9.18. The van der Waals surface area contributed by atoms with Gasteiger partial charge in [-0.05, 0) is 43.4 Å². The molecule has 5 heteroatoms. The van der Waals surface area contributed by atoms with Gasteiger partial charge in [0.15, 0.2) is 0 Å². The van der Waals surface area contributed by atoms with Crippen LogP contribution in [0.4, 0.5) is 0 Å². The second kappa shape index (κ2) is 18.4. The van der Waals surface area contributed by atoms with Crippen LogP contribution in [0.5, 0.6) is 0 Å². The molecule has 0 aromatic rings. The molecule has 0 spiro atoms. The van der Waals surface area contributed by atoms with E-state index in [9.17, 15) is 0 Å². The molecule has 0 aliphatic rings. The number of hydrogen-bond donors (Lipinski definition) is 0. The molecule has 0 heterocycles. The Bertz CT molecular complexity index is 167. The average Bonchev–Trinajstić information content (AvgIpc) is 2.46. The number of hydrogen-bond acceptors (Lipinski definition) is 5. The van der Waals surface area contributed by atoms with Crippen molar-refractivity contribution < 1.29 is 0 Å². The first-order chi connectivity index (χ1) is 9.85. The molecule has 0 aliphatic heterocycles. The molecular formula is C15H33NS4. The largest absolute Gasteiger partial charge is 0.302 e. The Morgan fingerprint density at radius 3 is 1.90 bits per heavy atom. The normalized spacial score (nSPS) is 11.4. The molecule has 0 unspecified atom stereocenters. The Labute approximate surface area is 144 Å². The molecule has 0 N–H and O–H groups in total. The van der Waals surface area contributed by atoms with Gasteiger partial charge in [-0.25, -0.2) is 0 Å². The topological polar surface area (TPSA) is 3.24 Å². The summed E-state index contributed by atoms with van der Waals surface area (Å²) in [6.45, 7) is 6.13. The maximum Gasteiger partial charge on any atom is 0.00727 e. The van der Waals surface area contributed by atoms with Gasteiger partial charge >= 0.3 is 0 Å². The van der Waals surface area contributed by atoms with Crippen molar-refractivity contribution >= 4 is 47.0 Å². The zero-order chi connectivity index (χ0) is 14.9. The van der Waals surface area contributed by atoms with E-state index in [1.165, 1.54) is 73.4 Å². The van der Waals surface area contributed by atoms with Gasteiger partial charge < -0.3 is 4.90 Å². The standard InChI is InChI=1S/C15H33NS4/c1-4-5-11-19-12-8-16(7-6-10-17-2)9-13-20-15-14-18-3/h4-15H2,1-3H3. The van der Waals surface area contributed by atoms with E-state index < -0.39 is 0 Å². The monoisotopic (exact) mass is 355 g/mol. The van der Waals surface area contributed by atoms with E-state index in [2.05, 4.69) is 47.9 Å². The lowest BCUT2D eigenvalue weighted by Crippen LogP contribution is -2.30. The molecule has 1 nitrogen and oxygen atoms in total. The maximum absolute atomic E-state index is 2.68. The van der Waals surface area contributed by atoms with Crippen molar-refractivity contribution in [2.45, 2.75) is 26.2 Å². The smallest absolute Gasteiger partial charge is 0.00727 e. The van der Waals surface area contributed by atoms with Gasteiger partial charge in [-0.15, -0.1) is 0 Å². The highest BCUT2D eigenvalue weighted by Crippen LogP contribution is 2.09. The highest BCUT2D eigenvalue weighted by molar-refractivity contribution is 8.02. The van der Waals surface area contributed by atoms with Crippen molar-refractivity contribution in [3.05, 3.63) is 0 Å². The molecule has 122 valence electrons. The average molecular weight is 356 g/mol. The SMILES string of the molecule is CCCCSCCN(CCCSC)CCSCCSC. The third-order valence-corrected chi connectivity index (χ3v) is 6.58. The summed E-state index contributed by atoms with van der Waals surface area (Å²) in [5.41, 5.74) is 0. The zero-order valence-corrected chi connectivity index (χ0v) is 16.8. The van der Waals surface area contributed by atoms with E-state index in [0.29, 0.717) is 0 Å². The zero-order valence-electron chi connectivity index (χ0n) is 13.6. The molecule has 0 rings (SSSR count). The summed E-state index contributed by atoms with van der Waals surface area (Å²) >= 11 is 8.19. The van der Waals surface area contributed by atoms with Crippen LogP contribution in [0.1, 0.15) is 26.2 Å². The minimum atomic E-state index is 1.28. The molecule has 0 radical (unpaired) electrons. The van der Waals surface area contributed by atoms with Crippen molar-refractivity contribution in [2.75, 3.05) is 66.7 Å². The minimum absolute atomic E-state index is 1.28. The Hall–Kier alpha value is 1.36. The molecule has 0 aromatic carbocycles. The highest BCUT2D eigenvalue weighted by Gasteiger charge is 2.04. The van der Waals surface area contributed by atoms with E-state index in [1.54, 1.807) is 0 Å². The third-order valence-electron chi connectivity index (χ3n) is 3.00. The molecular weight excluding hydrogens is 322 g/mol. The van der Waals surface area contributed by atoms with Crippen molar-refractivity contribution in [1.82, 2.24) is 4.90 Å². The van der Waals surface area contributed by atoms with Crippen LogP contribution in [0, 0.1) is 0 Å². The molecule has 0 atom stereocenters. The minimum Gasteiger partial charge on any atom is -0.302 e. The lowest BCUT2D eigenvalue weighted by atomic mass is 10.4. The maximum atomic E-state index is 2.68. The molecule has 0 aliphatic carbocycles. The van der Waals surface area contributed by atoms with E-state index in [4.69, 9.17) is 0 Å². The summed E-state index contributed by atoms with van der Waals surface area (Å²) in [7, 11) is 0. The Morgan fingerprint density at radius 2 is 1.30 bits per heavy atom. The quantitative estimate of drug-likeness (QED) is 0.369. The first kappa shape index (κ1) is 21.4. The second-order valence-electron chi connectivity index (χ2n) is 4.76. The summed E-state index contributed by atoms with van der Waals surface area (Å²) in [4.78, 5) is 2.68. The van der Waals surface area contributed by atoms with Crippen LogP contribution in [-0.2, 0) is 0 Å². The Morgan fingerprint density at radius 1 is 0.650 bits per heavy atom. The lowest BCUT2D eigenvalue weighted by molar-refractivity contribution is 0.310. The van der Waals surface area contributed by atoms with Crippen molar-refractivity contribution in [2.24, 2.45) is 0 Å². The van der Waals surface area contributed by atoms with Gasteiger partial charge in [-0.2, -0.15) is 47.0 Å². The number of nitrogens with zero attached hydrogens (tertiary/aromatic N) is 1.